The maximum absolute atomic E-state index is 12.1. The molecule has 1 aliphatic heterocycles. The second kappa shape index (κ2) is 5.83. The van der Waals surface area contributed by atoms with Crippen LogP contribution < -0.4 is 15.4 Å². The predicted molar refractivity (Wildman–Crippen MR) is 77.6 cm³/mol. The van der Waals surface area contributed by atoms with E-state index in [9.17, 15) is 4.79 Å². The first-order valence-corrected chi connectivity index (χ1v) is 7.46. The molecule has 0 bridgehead atoms. The van der Waals surface area contributed by atoms with Crippen molar-refractivity contribution in [3.05, 3.63) is 30.3 Å². The van der Waals surface area contributed by atoms with Crippen molar-refractivity contribution in [1.29, 1.82) is 0 Å². The first-order valence-electron chi connectivity index (χ1n) is 7.46. The van der Waals surface area contributed by atoms with Crippen molar-refractivity contribution in [2.45, 2.75) is 19.3 Å². The van der Waals surface area contributed by atoms with Gasteiger partial charge in [-0.25, -0.2) is 0 Å². The Morgan fingerprint density at radius 2 is 2.05 bits per heavy atom. The number of carbonyl (C=O) groups is 1. The SMILES string of the molecule is O=C(NCCOc1ccccc1)C1CC12CCNCC2. The number of hydrogen-bond donors (Lipinski definition) is 2. The first-order chi connectivity index (χ1) is 9.80. The molecule has 2 N–H and O–H groups in total. The van der Waals surface area contributed by atoms with Gasteiger partial charge in [-0.3, -0.25) is 4.79 Å². The molecule has 4 heteroatoms. The Morgan fingerprint density at radius 3 is 2.80 bits per heavy atom. The van der Waals surface area contributed by atoms with E-state index in [0.29, 0.717) is 18.6 Å². The normalized spacial score (nSPS) is 23.3. The molecule has 1 heterocycles. The van der Waals surface area contributed by atoms with Crippen LogP contribution in [0.4, 0.5) is 0 Å². The van der Waals surface area contributed by atoms with Crippen molar-refractivity contribution in [2.75, 3.05) is 26.2 Å². The molecule has 2 fully saturated rings. The molecule has 20 heavy (non-hydrogen) atoms. The number of para-hydroxylation sites is 1. The Morgan fingerprint density at radius 1 is 1.30 bits per heavy atom. The number of hydrogen-bond acceptors (Lipinski definition) is 3. The molecule has 0 aromatic heterocycles. The van der Waals surface area contributed by atoms with E-state index in [2.05, 4.69) is 10.6 Å². The standard InChI is InChI=1S/C16H22N2O2/c19-15(14-12-16(14)6-8-17-9-7-16)18-10-11-20-13-4-2-1-3-5-13/h1-5,14,17H,6-12H2,(H,18,19). The third kappa shape index (κ3) is 2.96. The van der Waals surface area contributed by atoms with Crippen LogP contribution in [-0.4, -0.2) is 32.1 Å². The predicted octanol–water partition coefficient (Wildman–Crippen LogP) is 1.57. The van der Waals surface area contributed by atoms with Gasteiger partial charge in [0.15, 0.2) is 0 Å². The lowest BCUT2D eigenvalue weighted by Gasteiger charge is -2.23. The van der Waals surface area contributed by atoms with Gasteiger partial charge in [-0.2, -0.15) is 0 Å². The Hall–Kier alpha value is -1.55. The van der Waals surface area contributed by atoms with E-state index in [-0.39, 0.29) is 11.8 Å². The first kappa shape index (κ1) is 13.4. The van der Waals surface area contributed by atoms with Gasteiger partial charge in [0.25, 0.3) is 0 Å². The molecule has 1 saturated carbocycles. The van der Waals surface area contributed by atoms with Crippen LogP contribution in [0.25, 0.3) is 0 Å². The lowest BCUT2D eigenvalue weighted by molar-refractivity contribution is -0.123. The molecule has 1 aromatic carbocycles. The highest BCUT2D eigenvalue weighted by Gasteiger charge is 2.57. The topological polar surface area (TPSA) is 50.4 Å². The minimum absolute atomic E-state index is 0.212. The number of amides is 1. The van der Waals surface area contributed by atoms with Crippen LogP contribution in [0, 0.1) is 11.3 Å². The van der Waals surface area contributed by atoms with Crippen LogP contribution in [0.1, 0.15) is 19.3 Å². The summed E-state index contributed by atoms with van der Waals surface area (Å²) in [5.41, 5.74) is 0.315. The van der Waals surface area contributed by atoms with Gasteiger partial charge in [-0.05, 0) is 49.9 Å². The van der Waals surface area contributed by atoms with Gasteiger partial charge in [0.2, 0.25) is 5.91 Å². The molecule has 2 aliphatic rings. The number of nitrogens with one attached hydrogen (secondary N) is 2. The minimum atomic E-state index is 0.212. The molecule has 1 unspecified atom stereocenters. The van der Waals surface area contributed by atoms with Gasteiger partial charge in [-0.1, -0.05) is 18.2 Å². The quantitative estimate of drug-likeness (QED) is 0.801. The zero-order valence-corrected chi connectivity index (χ0v) is 11.7. The summed E-state index contributed by atoms with van der Waals surface area (Å²) in [6.07, 6.45) is 3.36. The van der Waals surface area contributed by atoms with E-state index in [1.807, 2.05) is 30.3 Å². The van der Waals surface area contributed by atoms with Crippen molar-refractivity contribution >= 4 is 5.91 Å². The number of rotatable bonds is 5. The highest BCUT2D eigenvalue weighted by molar-refractivity contribution is 5.82. The molecule has 1 saturated heterocycles. The molecule has 108 valence electrons. The summed E-state index contributed by atoms with van der Waals surface area (Å²) in [5, 5.41) is 6.36. The van der Waals surface area contributed by atoms with Crippen LogP contribution in [0.3, 0.4) is 0 Å². The fourth-order valence-corrected chi connectivity index (χ4v) is 3.18. The van der Waals surface area contributed by atoms with Crippen LogP contribution in [0.15, 0.2) is 30.3 Å². The monoisotopic (exact) mass is 274 g/mol. The third-order valence-electron chi connectivity index (χ3n) is 4.52. The molecule has 1 atom stereocenters. The number of benzene rings is 1. The molecule has 1 aliphatic carbocycles. The Bertz CT molecular complexity index is 455. The minimum Gasteiger partial charge on any atom is -0.492 e. The van der Waals surface area contributed by atoms with E-state index in [0.717, 1.165) is 38.1 Å². The van der Waals surface area contributed by atoms with Crippen molar-refractivity contribution in [3.63, 3.8) is 0 Å². The van der Waals surface area contributed by atoms with E-state index in [1.54, 1.807) is 0 Å². The molecule has 1 amide bonds. The van der Waals surface area contributed by atoms with E-state index in [4.69, 9.17) is 4.74 Å². The second-order valence-corrected chi connectivity index (χ2v) is 5.82. The van der Waals surface area contributed by atoms with Crippen LogP contribution >= 0.6 is 0 Å². The fourth-order valence-electron chi connectivity index (χ4n) is 3.18. The highest BCUT2D eigenvalue weighted by atomic mass is 16.5. The van der Waals surface area contributed by atoms with Crippen LogP contribution in [0.5, 0.6) is 5.75 Å². The third-order valence-corrected chi connectivity index (χ3v) is 4.52. The summed E-state index contributed by atoms with van der Waals surface area (Å²) in [6.45, 7) is 3.22. The van der Waals surface area contributed by atoms with Crippen molar-refractivity contribution in [2.24, 2.45) is 11.3 Å². The molecule has 1 spiro atoms. The molecule has 1 aromatic rings. The van der Waals surface area contributed by atoms with Gasteiger partial charge in [0.1, 0.15) is 12.4 Å². The second-order valence-electron chi connectivity index (χ2n) is 5.82. The van der Waals surface area contributed by atoms with E-state index >= 15 is 0 Å². The highest BCUT2D eigenvalue weighted by Crippen LogP contribution is 2.58. The largest absolute Gasteiger partial charge is 0.492 e. The smallest absolute Gasteiger partial charge is 0.223 e. The maximum atomic E-state index is 12.1. The van der Waals surface area contributed by atoms with Gasteiger partial charge in [0, 0.05) is 5.92 Å². The Labute approximate surface area is 119 Å². The van der Waals surface area contributed by atoms with Gasteiger partial charge >= 0.3 is 0 Å². The molecular weight excluding hydrogens is 252 g/mol. The average Bonchev–Trinajstić information content (AvgIpc) is 3.19. The summed E-state index contributed by atoms with van der Waals surface area (Å²) in [5.74, 6) is 1.30. The van der Waals surface area contributed by atoms with Crippen molar-refractivity contribution in [3.8, 4) is 5.75 Å². The lowest BCUT2D eigenvalue weighted by Crippen LogP contribution is -2.35. The Balaban J connectivity index is 1.36. The number of piperidine rings is 1. The summed E-state index contributed by atoms with van der Waals surface area (Å²) >= 11 is 0. The number of ether oxygens (including phenoxy) is 1. The fraction of sp³-hybridized carbons (Fsp3) is 0.562. The molecule has 0 radical (unpaired) electrons. The van der Waals surface area contributed by atoms with Gasteiger partial charge in [0.05, 0.1) is 6.54 Å². The van der Waals surface area contributed by atoms with Crippen LogP contribution in [0.2, 0.25) is 0 Å². The van der Waals surface area contributed by atoms with Crippen LogP contribution in [-0.2, 0) is 4.79 Å². The van der Waals surface area contributed by atoms with Gasteiger partial charge < -0.3 is 15.4 Å². The zero-order chi connectivity index (χ0) is 13.8. The van der Waals surface area contributed by atoms with Gasteiger partial charge in [-0.15, -0.1) is 0 Å². The van der Waals surface area contributed by atoms with Crippen molar-refractivity contribution in [1.82, 2.24) is 10.6 Å². The number of carbonyl (C=O) groups excluding carboxylic acids is 1. The summed E-state index contributed by atoms with van der Waals surface area (Å²) in [7, 11) is 0. The molecular formula is C16H22N2O2. The van der Waals surface area contributed by atoms with Crippen molar-refractivity contribution < 1.29 is 9.53 Å². The lowest BCUT2D eigenvalue weighted by atomic mass is 9.92. The van der Waals surface area contributed by atoms with E-state index in [1.165, 1.54) is 0 Å². The molecule has 3 rings (SSSR count). The van der Waals surface area contributed by atoms with E-state index < -0.39 is 0 Å². The summed E-state index contributed by atoms with van der Waals surface area (Å²) < 4.78 is 5.57. The summed E-state index contributed by atoms with van der Waals surface area (Å²) in [6, 6.07) is 9.69. The zero-order valence-electron chi connectivity index (χ0n) is 11.7. The summed E-state index contributed by atoms with van der Waals surface area (Å²) in [4.78, 5) is 12.1. The maximum Gasteiger partial charge on any atom is 0.223 e. The molecule has 4 nitrogen and oxygen atoms in total. The Kier molecular flexibility index (Phi) is 3.92. The average molecular weight is 274 g/mol.